The van der Waals surface area contributed by atoms with Gasteiger partial charge in [0.05, 0.1) is 5.56 Å². The summed E-state index contributed by atoms with van der Waals surface area (Å²) < 4.78 is 47.6. The largest absolute Gasteiger partial charge is 0.423 e. The number of benzene rings is 2. The van der Waals surface area contributed by atoms with Gasteiger partial charge in [-0.25, -0.2) is 18.0 Å². The molecule has 2 aliphatic rings. The van der Waals surface area contributed by atoms with E-state index in [1.807, 2.05) is 0 Å². The Balaban J connectivity index is 1.38. The third-order valence-corrected chi connectivity index (χ3v) is 7.95. The molecule has 2 saturated carbocycles. The summed E-state index contributed by atoms with van der Waals surface area (Å²) in [6, 6.07) is 7.24. The molecule has 3 nitrogen and oxygen atoms in total. The molecule has 4 atom stereocenters. The summed E-state index contributed by atoms with van der Waals surface area (Å²) >= 11 is 0. The molecule has 2 aliphatic carbocycles. The van der Waals surface area contributed by atoms with Crippen molar-refractivity contribution in [3.63, 3.8) is 0 Å². The van der Waals surface area contributed by atoms with Gasteiger partial charge < -0.3 is 4.74 Å². The lowest BCUT2D eigenvalue weighted by Crippen LogP contribution is -2.30. The number of nitrogens with zero attached hydrogens (tertiary/aromatic N) is 1. The minimum atomic E-state index is -1.12. The normalized spacial score (nSPS) is 23.9. The van der Waals surface area contributed by atoms with Crippen LogP contribution in [0.1, 0.15) is 98.5 Å². The summed E-state index contributed by atoms with van der Waals surface area (Å²) in [5.74, 6) is -1.61. The number of hydrogen-bond donors (Lipinski definition) is 0. The molecule has 4 rings (SSSR count). The van der Waals surface area contributed by atoms with Crippen LogP contribution in [0.25, 0.3) is 0 Å². The van der Waals surface area contributed by atoms with Gasteiger partial charge in [0.15, 0.2) is 0 Å². The fourth-order valence-corrected chi connectivity index (χ4v) is 6.08. The molecule has 0 saturated heterocycles. The first-order valence-corrected chi connectivity index (χ1v) is 12.8. The highest BCUT2D eigenvalue weighted by Gasteiger charge is 2.36. The number of unbranched alkanes of at least 4 members (excludes halogenated alkanes) is 2. The second-order valence-electron chi connectivity index (χ2n) is 10.2. The van der Waals surface area contributed by atoms with Crippen LogP contribution >= 0.6 is 0 Å². The maximum absolute atomic E-state index is 15.1. The number of fused-ring (bicyclic) bond motifs is 1. The van der Waals surface area contributed by atoms with E-state index < -0.39 is 29.0 Å². The van der Waals surface area contributed by atoms with Crippen molar-refractivity contribution in [2.75, 3.05) is 0 Å². The summed E-state index contributed by atoms with van der Waals surface area (Å²) in [5, 5.41) is 8.75. The van der Waals surface area contributed by atoms with E-state index in [0.717, 1.165) is 49.3 Å². The van der Waals surface area contributed by atoms with Crippen molar-refractivity contribution < 1.29 is 22.7 Å². The van der Waals surface area contributed by atoms with E-state index >= 15 is 4.39 Å². The predicted molar refractivity (Wildman–Crippen MR) is 127 cm³/mol. The third-order valence-electron chi connectivity index (χ3n) is 7.95. The second-order valence-corrected chi connectivity index (χ2v) is 10.2. The van der Waals surface area contributed by atoms with Crippen molar-refractivity contribution in [1.82, 2.24) is 0 Å². The highest BCUT2D eigenvalue weighted by atomic mass is 19.1. The van der Waals surface area contributed by atoms with E-state index in [2.05, 4.69) is 6.92 Å². The number of halogens is 3. The molecule has 0 aliphatic heterocycles. The van der Waals surface area contributed by atoms with Crippen LogP contribution in [0.2, 0.25) is 0 Å². The molecule has 2 aromatic rings. The molecule has 0 amide bonds. The molecule has 0 N–H and O–H groups in total. The van der Waals surface area contributed by atoms with Gasteiger partial charge in [0, 0.05) is 12.1 Å². The number of ether oxygens (including phenoxy) is 1. The van der Waals surface area contributed by atoms with Gasteiger partial charge in [0.1, 0.15) is 34.8 Å². The topological polar surface area (TPSA) is 50.1 Å². The Morgan fingerprint density at radius 1 is 0.971 bits per heavy atom. The minimum Gasteiger partial charge on any atom is -0.423 e. The number of nitriles is 1. The molecule has 2 fully saturated rings. The van der Waals surface area contributed by atoms with Crippen molar-refractivity contribution in [1.29, 1.82) is 5.26 Å². The summed E-state index contributed by atoms with van der Waals surface area (Å²) in [6.07, 6.45) is 12.1. The first kappa shape index (κ1) is 25.3. The van der Waals surface area contributed by atoms with E-state index in [4.69, 9.17) is 10.00 Å². The summed E-state index contributed by atoms with van der Waals surface area (Å²) in [6.45, 7) is 2.24. The average Bonchev–Trinajstić information content (AvgIpc) is 2.83. The SMILES string of the molecule is CCCCC[C@H]1CC[C@@H]2CC(c3ccc(C(=O)Oc4cc(F)c(C#N)c(F)c4)cc3F)CC[C@H]2C1. The fraction of sp³-hybridized carbons (Fsp3) is 0.517. The Hall–Kier alpha value is -2.81. The maximum Gasteiger partial charge on any atom is 0.343 e. The molecule has 0 spiro atoms. The molecule has 0 heterocycles. The predicted octanol–water partition coefficient (Wildman–Crippen LogP) is 8.08. The molecule has 2 aromatic carbocycles. The van der Waals surface area contributed by atoms with Crippen LogP contribution in [0.15, 0.2) is 30.3 Å². The van der Waals surface area contributed by atoms with Gasteiger partial charge >= 0.3 is 5.97 Å². The van der Waals surface area contributed by atoms with Gasteiger partial charge in [0.2, 0.25) is 0 Å². The standard InChI is InChI=1S/C29H32F3NO2/c1-2-3-4-5-18-6-7-20-13-21(9-8-19(20)12-18)24-11-10-22(14-26(24)30)29(34)35-23-15-27(31)25(17-33)28(32)16-23/h10-11,14-16,18-21H,2-9,12-13H2,1H3/t18-,19-,20+,21?/m0/s1. The first-order valence-electron chi connectivity index (χ1n) is 12.8. The fourth-order valence-electron chi connectivity index (χ4n) is 6.08. The van der Waals surface area contributed by atoms with Gasteiger partial charge in [-0.05, 0) is 73.5 Å². The Labute approximate surface area is 205 Å². The maximum atomic E-state index is 15.1. The lowest BCUT2D eigenvalue weighted by molar-refractivity contribution is 0.0733. The van der Waals surface area contributed by atoms with E-state index in [-0.39, 0.29) is 17.2 Å². The summed E-state index contributed by atoms with van der Waals surface area (Å²) in [7, 11) is 0. The summed E-state index contributed by atoms with van der Waals surface area (Å²) in [5.41, 5.74) is -0.155. The lowest BCUT2D eigenvalue weighted by atomic mass is 9.63. The van der Waals surface area contributed by atoms with Crippen molar-refractivity contribution in [3.8, 4) is 11.8 Å². The van der Waals surface area contributed by atoms with Crippen LogP contribution in [-0.2, 0) is 0 Å². The van der Waals surface area contributed by atoms with Gasteiger partial charge in [-0.3, -0.25) is 0 Å². The van der Waals surface area contributed by atoms with E-state index in [0.29, 0.717) is 11.5 Å². The zero-order chi connectivity index (χ0) is 24.9. The second kappa shape index (κ2) is 11.3. The quantitative estimate of drug-likeness (QED) is 0.227. The van der Waals surface area contributed by atoms with Gasteiger partial charge in [-0.2, -0.15) is 5.26 Å². The number of carbonyl (C=O) groups excluding carboxylic acids is 1. The zero-order valence-electron chi connectivity index (χ0n) is 20.2. The Morgan fingerprint density at radius 3 is 2.37 bits per heavy atom. The van der Waals surface area contributed by atoms with Crippen molar-refractivity contribution in [3.05, 3.63) is 64.5 Å². The molecular weight excluding hydrogens is 451 g/mol. The third kappa shape index (κ3) is 5.89. The van der Waals surface area contributed by atoms with Gasteiger partial charge in [-0.1, -0.05) is 45.1 Å². The molecule has 6 heteroatoms. The summed E-state index contributed by atoms with van der Waals surface area (Å²) in [4.78, 5) is 12.4. The molecule has 186 valence electrons. The minimum absolute atomic E-state index is 0.0299. The number of rotatable bonds is 7. The van der Waals surface area contributed by atoms with Crippen LogP contribution in [0, 0.1) is 46.5 Å². The molecule has 35 heavy (non-hydrogen) atoms. The highest BCUT2D eigenvalue weighted by molar-refractivity contribution is 5.91. The molecule has 0 radical (unpaired) electrons. The molecule has 0 aromatic heterocycles. The van der Waals surface area contributed by atoms with Crippen LogP contribution in [-0.4, -0.2) is 5.97 Å². The Morgan fingerprint density at radius 2 is 1.69 bits per heavy atom. The van der Waals surface area contributed by atoms with Gasteiger partial charge in [0.25, 0.3) is 0 Å². The first-order chi connectivity index (χ1) is 16.9. The van der Waals surface area contributed by atoms with Crippen LogP contribution in [0.3, 0.4) is 0 Å². The van der Waals surface area contributed by atoms with Crippen molar-refractivity contribution in [2.24, 2.45) is 17.8 Å². The smallest absolute Gasteiger partial charge is 0.343 e. The number of esters is 1. The number of hydrogen-bond acceptors (Lipinski definition) is 3. The zero-order valence-corrected chi connectivity index (χ0v) is 20.2. The van der Waals surface area contributed by atoms with Crippen LogP contribution in [0.5, 0.6) is 5.75 Å². The molecule has 1 unspecified atom stereocenters. The Bertz CT molecular complexity index is 1090. The lowest BCUT2D eigenvalue weighted by Gasteiger charge is -2.42. The van der Waals surface area contributed by atoms with Crippen molar-refractivity contribution >= 4 is 5.97 Å². The molecule has 0 bridgehead atoms. The van der Waals surface area contributed by atoms with Gasteiger partial charge in [-0.15, -0.1) is 0 Å². The molecular formula is C29H32F3NO2. The Kier molecular flexibility index (Phi) is 8.15. The highest BCUT2D eigenvalue weighted by Crippen LogP contribution is 2.48. The van der Waals surface area contributed by atoms with E-state index in [9.17, 15) is 13.6 Å². The van der Waals surface area contributed by atoms with E-state index in [1.54, 1.807) is 6.07 Å². The van der Waals surface area contributed by atoms with Crippen LogP contribution < -0.4 is 4.74 Å². The monoisotopic (exact) mass is 483 g/mol. The van der Waals surface area contributed by atoms with E-state index in [1.165, 1.54) is 57.1 Å². The number of carbonyl (C=O) groups is 1. The van der Waals surface area contributed by atoms with Crippen LogP contribution in [0.4, 0.5) is 13.2 Å². The van der Waals surface area contributed by atoms with Crippen molar-refractivity contribution in [2.45, 2.75) is 77.0 Å². The average molecular weight is 484 g/mol.